The van der Waals surface area contributed by atoms with Gasteiger partial charge in [-0.25, -0.2) is 0 Å². The van der Waals surface area contributed by atoms with E-state index in [-0.39, 0.29) is 0 Å². The first-order valence-corrected chi connectivity index (χ1v) is 6.74. The Balaban J connectivity index is 1.70. The van der Waals surface area contributed by atoms with E-state index in [0.717, 1.165) is 0 Å². The number of hydrogen-bond donors (Lipinski definition) is 1. The summed E-state index contributed by atoms with van der Waals surface area (Å²) >= 11 is 0. The SMILES string of the molecule is CN1CCC2(CC1)CNC(c1ccccc1)C2. The van der Waals surface area contributed by atoms with Crippen LogP contribution in [0.3, 0.4) is 0 Å². The van der Waals surface area contributed by atoms with Crippen LogP contribution in [0.25, 0.3) is 0 Å². The summed E-state index contributed by atoms with van der Waals surface area (Å²) in [4.78, 5) is 2.46. The second-order valence-electron chi connectivity index (χ2n) is 5.85. The van der Waals surface area contributed by atoms with Crippen molar-refractivity contribution >= 4 is 0 Å². The second-order valence-corrected chi connectivity index (χ2v) is 5.85. The highest BCUT2D eigenvalue weighted by Crippen LogP contribution is 2.43. The largest absolute Gasteiger partial charge is 0.309 e. The normalized spacial score (nSPS) is 28.6. The molecule has 3 rings (SSSR count). The Bertz CT molecular complexity index is 366. The van der Waals surface area contributed by atoms with E-state index in [1.165, 1.54) is 44.5 Å². The molecule has 17 heavy (non-hydrogen) atoms. The number of hydrogen-bond acceptors (Lipinski definition) is 2. The Morgan fingerprint density at radius 3 is 2.59 bits per heavy atom. The molecular weight excluding hydrogens is 208 g/mol. The van der Waals surface area contributed by atoms with Gasteiger partial charge in [-0.2, -0.15) is 0 Å². The van der Waals surface area contributed by atoms with Gasteiger partial charge in [0.2, 0.25) is 0 Å². The molecule has 1 atom stereocenters. The van der Waals surface area contributed by atoms with E-state index in [0.29, 0.717) is 11.5 Å². The summed E-state index contributed by atoms with van der Waals surface area (Å²) in [5, 5.41) is 3.73. The van der Waals surface area contributed by atoms with Gasteiger partial charge in [0.15, 0.2) is 0 Å². The quantitative estimate of drug-likeness (QED) is 0.797. The Hall–Kier alpha value is -0.860. The minimum absolute atomic E-state index is 0.576. The molecule has 2 nitrogen and oxygen atoms in total. The van der Waals surface area contributed by atoms with E-state index in [1.807, 2.05) is 0 Å². The molecule has 92 valence electrons. The predicted octanol–water partition coefficient (Wildman–Crippen LogP) is 2.43. The first-order chi connectivity index (χ1) is 8.27. The summed E-state index contributed by atoms with van der Waals surface area (Å²) in [6.07, 6.45) is 4.05. The van der Waals surface area contributed by atoms with Gasteiger partial charge in [0.05, 0.1) is 0 Å². The molecule has 0 bridgehead atoms. The minimum Gasteiger partial charge on any atom is -0.309 e. The average molecular weight is 230 g/mol. The molecule has 2 heterocycles. The van der Waals surface area contributed by atoms with Crippen molar-refractivity contribution in [2.75, 3.05) is 26.7 Å². The average Bonchev–Trinajstić information content (AvgIpc) is 2.79. The summed E-state index contributed by atoms with van der Waals surface area (Å²) in [5.41, 5.74) is 2.04. The number of piperidine rings is 1. The standard InChI is InChI=1S/C15H22N2/c1-17-9-7-15(8-10-17)11-14(16-12-15)13-5-3-2-4-6-13/h2-6,14,16H,7-12H2,1H3. The van der Waals surface area contributed by atoms with Crippen molar-refractivity contribution < 1.29 is 0 Å². The van der Waals surface area contributed by atoms with Gasteiger partial charge in [0, 0.05) is 12.6 Å². The molecule has 1 aromatic carbocycles. The topological polar surface area (TPSA) is 15.3 Å². The summed E-state index contributed by atoms with van der Waals surface area (Å²) in [5.74, 6) is 0. The molecule has 2 saturated heterocycles. The van der Waals surface area contributed by atoms with E-state index in [4.69, 9.17) is 0 Å². The van der Waals surface area contributed by atoms with Crippen molar-refractivity contribution in [1.29, 1.82) is 0 Å². The molecule has 0 amide bonds. The van der Waals surface area contributed by atoms with E-state index in [1.54, 1.807) is 0 Å². The van der Waals surface area contributed by atoms with Gasteiger partial charge in [-0.05, 0) is 50.4 Å². The molecule has 1 unspecified atom stereocenters. The zero-order valence-electron chi connectivity index (χ0n) is 10.7. The van der Waals surface area contributed by atoms with Crippen LogP contribution in [0.4, 0.5) is 0 Å². The molecule has 2 fully saturated rings. The predicted molar refractivity (Wildman–Crippen MR) is 71.0 cm³/mol. The second kappa shape index (κ2) is 4.43. The van der Waals surface area contributed by atoms with Crippen molar-refractivity contribution in [2.24, 2.45) is 5.41 Å². The number of benzene rings is 1. The third-order valence-electron chi connectivity index (χ3n) is 4.61. The monoisotopic (exact) mass is 230 g/mol. The summed E-state index contributed by atoms with van der Waals surface area (Å²) in [7, 11) is 2.24. The van der Waals surface area contributed by atoms with Crippen LogP contribution >= 0.6 is 0 Å². The number of likely N-dealkylation sites (tertiary alicyclic amines) is 1. The van der Waals surface area contributed by atoms with Crippen LogP contribution in [0.15, 0.2) is 30.3 Å². The number of nitrogens with one attached hydrogen (secondary N) is 1. The minimum atomic E-state index is 0.576. The molecular formula is C15H22N2. The van der Waals surface area contributed by atoms with E-state index in [9.17, 15) is 0 Å². The Labute approximate surface area is 104 Å². The lowest BCUT2D eigenvalue weighted by atomic mass is 9.76. The molecule has 1 spiro atoms. The Morgan fingerprint density at radius 2 is 1.88 bits per heavy atom. The molecule has 1 aromatic rings. The van der Waals surface area contributed by atoms with E-state index in [2.05, 4.69) is 47.6 Å². The van der Waals surface area contributed by atoms with Crippen molar-refractivity contribution in [3.8, 4) is 0 Å². The highest BCUT2D eigenvalue weighted by Gasteiger charge is 2.40. The Morgan fingerprint density at radius 1 is 1.18 bits per heavy atom. The highest BCUT2D eigenvalue weighted by molar-refractivity contribution is 5.21. The molecule has 2 aliphatic rings. The van der Waals surface area contributed by atoms with Gasteiger partial charge in [0.25, 0.3) is 0 Å². The summed E-state index contributed by atoms with van der Waals surface area (Å²) in [6.45, 7) is 3.74. The van der Waals surface area contributed by atoms with Gasteiger partial charge >= 0.3 is 0 Å². The molecule has 0 aliphatic carbocycles. The third-order valence-corrected chi connectivity index (χ3v) is 4.61. The maximum Gasteiger partial charge on any atom is 0.0326 e. The molecule has 2 heteroatoms. The van der Waals surface area contributed by atoms with Gasteiger partial charge in [-0.1, -0.05) is 30.3 Å². The van der Waals surface area contributed by atoms with Crippen LogP contribution in [0.5, 0.6) is 0 Å². The van der Waals surface area contributed by atoms with Crippen molar-refractivity contribution in [3.05, 3.63) is 35.9 Å². The number of rotatable bonds is 1. The van der Waals surface area contributed by atoms with Crippen molar-refractivity contribution in [3.63, 3.8) is 0 Å². The lowest BCUT2D eigenvalue weighted by Gasteiger charge is -2.37. The van der Waals surface area contributed by atoms with E-state index < -0.39 is 0 Å². The smallest absolute Gasteiger partial charge is 0.0326 e. The van der Waals surface area contributed by atoms with Crippen LogP contribution in [0, 0.1) is 5.41 Å². The molecule has 1 N–H and O–H groups in total. The fourth-order valence-corrected chi connectivity index (χ4v) is 3.31. The fraction of sp³-hybridized carbons (Fsp3) is 0.600. The van der Waals surface area contributed by atoms with Crippen LogP contribution in [0.2, 0.25) is 0 Å². The highest BCUT2D eigenvalue weighted by atomic mass is 15.1. The van der Waals surface area contributed by atoms with Gasteiger partial charge in [-0.3, -0.25) is 0 Å². The zero-order chi connectivity index (χ0) is 11.7. The van der Waals surface area contributed by atoms with Gasteiger partial charge in [0.1, 0.15) is 0 Å². The van der Waals surface area contributed by atoms with Gasteiger partial charge in [-0.15, -0.1) is 0 Å². The summed E-state index contributed by atoms with van der Waals surface area (Å²) in [6, 6.07) is 11.5. The first-order valence-electron chi connectivity index (χ1n) is 6.74. The maximum absolute atomic E-state index is 3.73. The molecule has 2 aliphatic heterocycles. The zero-order valence-corrected chi connectivity index (χ0v) is 10.7. The van der Waals surface area contributed by atoms with Crippen LogP contribution in [0.1, 0.15) is 30.9 Å². The van der Waals surface area contributed by atoms with E-state index >= 15 is 0 Å². The molecule has 0 radical (unpaired) electrons. The lowest BCUT2D eigenvalue weighted by Crippen LogP contribution is -2.39. The van der Waals surface area contributed by atoms with Crippen LogP contribution in [-0.2, 0) is 0 Å². The van der Waals surface area contributed by atoms with Crippen molar-refractivity contribution in [2.45, 2.75) is 25.3 Å². The molecule has 0 aromatic heterocycles. The Kier molecular flexibility index (Phi) is 2.93. The van der Waals surface area contributed by atoms with Crippen molar-refractivity contribution in [1.82, 2.24) is 10.2 Å². The summed E-state index contributed by atoms with van der Waals surface area (Å²) < 4.78 is 0. The first kappa shape index (κ1) is 11.2. The van der Waals surface area contributed by atoms with Gasteiger partial charge < -0.3 is 10.2 Å². The third kappa shape index (κ3) is 2.24. The molecule has 0 saturated carbocycles. The lowest BCUT2D eigenvalue weighted by molar-refractivity contribution is 0.137. The number of nitrogens with zero attached hydrogens (tertiary/aromatic N) is 1. The fourth-order valence-electron chi connectivity index (χ4n) is 3.31. The van der Waals surface area contributed by atoms with Crippen LogP contribution in [-0.4, -0.2) is 31.6 Å². The van der Waals surface area contributed by atoms with Crippen LogP contribution < -0.4 is 5.32 Å². The maximum atomic E-state index is 3.73.